The number of nitrogens with zero attached hydrogens (tertiary/aromatic N) is 1. The van der Waals surface area contributed by atoms with Crippen molar-refractivity contribution in [2.75, 3.05) is 26.2 Å². The van der Waals surface area contributed by atoms with E-state index < -0.39 is 0 Å². The molecule has 0 bridgehead atoms. The molecular formula is C15H19N3O. The topological polar surface area (TPSA) is 48.1 Å². The number of carbonyl (C=O) groups excluding carboxylic acids is 1. The van der Waals surface area contributed by atoms with Crippen LogP contribution in [0.1, 0.15) is 22.5 Å². The largest absolute Gasteiger partial charge is 0.351 e. The Balaban J connectivity index is 1.88. The number of aromatic nitrogens is 1. The molecular weight excluding hydrogens is 238 g/mol. The maximum atomic E-state index is 12.5. The summed E-state index contributed by atoms with van der Waals surface area (Å²) in [5, 5.41) is 4.41. The molecule has 2 heterocycles. The Kier molecular flexibility index (Phi) is 3.25. The van der Waals surface area contributed by atoms with Crippen LogP contribution >= 0.6 is 0 Å². The highest BCUT2D eigenvalue weighted by Crippen LogP contribution is 2.18. The van der Waals surface area contributed by atoms with Gasteiger partial charge in [0.25, 0.3) is 5.91 Å². The highest BCUT2D eigenvalue weighted by molar-refractivity contribution is 5.98. The van der Waals surface area contributed by atoms with Gasteiger partial charge in [0.05, 0.1) is 0 Å². The first-order chi connectivity index (χ1) is 9.24. The summed E-state index contributed by atoms with van der Waals surface area (Å²) in [6, 6.07) is 8.16. The minimum atomic E-state index is 0.109. The highest BCUT2D eigenvalue weighted by Gasteiger charge is 2.18. The average molecular weight is 257 g/mol. The fraction of sp³-hybridized carbons (Fsp3) is 0.400. The molecule has 1 fully saturated rings. The molecule has 1 amide bonds. The molecule has 0 saturated carbocycles. The van der Waals surface area contributed by atoms with Crippen molar-refractivity contribution in [1.82, 2.24) is 15.2 Å². The summed E-state index contributed by atoms with van der Waals surface area (Å²) in [5.41, 5.74) is 2.94. The number of fused-ring (bicyclic) bond motifs is 1. The van der Waals surface area contributed by atoms with Crippen LogP contribution < -0.4 is 5.32 Å². The molecule has 0 unspecified atom stereocenters. The van der Waals surface area contributed by atoms with E-state index in [1.165, 1.54) is 5.56 Å². The maximum Gasteiger partial charge on any atom is 0.270 e. The molecule has 100 valence electrons. The molecule has 0 spiro atoms. The van der Waals surface area contributed by atoms with Crippen LogP contribution in [0.25, 0.3) is 10.9 Å². The van der Waals surface area contributed by atoms with Crippen LogP contribution in [0, 0.1) is 6.92 Å². The summed E-state index contributed by atoms with van der Waals surface area (Å²) in [6.07, 6.45) is 1.02. The Morgan fingerprint density at radius 1 is 1.21 bits per heavy atom. The molecule has 2 aromatic rings. The third-order valence-electron chi connectivity index (χ3n) is 3.64. The summed E-state index contributed by atoms with van der Waals surface area (Å²) >= 11 is 0. The predicted octanol–water partition coefficient (Wildman–Crippen LogP) is 1.91. The van der Waals surface area contributed by atoms with E-state index in [2.05, 4.69) is 35.4 Å². The zero-order chi connectivity index (χ0) is 13.2. The zero-order valence-electron chi connectivity index (χ0n) is 11.2. The van der Waals surface area contributed by atoms with Gasteiger partial charge in [0.15, 0.2) is 0 Å². The minimum absolute atomic E-state index is 0.109. The Hall–Kier alpha value is -1.81. The second-order valence-corrected chi connectivity index (χ2v) is 5.17. The molecule has 3 rings (SSSR count). The van der Waals surface area contributed by atoms with Gasteiger partial charge in [0.1, 0.15) is 5.69 Å². The summed E-state index contributed by atoms with van der Waals surface area (Å²) in [5.74, 6) is 0.109. The van der Waals surface area contributed by atoms with Gasteiger partial charge < -0.3 is 15.2 Å². The first kappa shape index (κ1) is 12.2. The highest BCUT2D eigenvalue weighted by atomic mass is 16.2. The lowest BCUT2D eigenvalue weighted by atomic mass is 10.2. The van der Waals surface area contributed by atoms with Crippen molar-refractivity contribution < 1.29 is 4.79 Å². The Bertz CT molecular complexity index is 594. The number of hydrogen-bond donors (Lipinski definition) is 2. The maximum absolute atomic E-state index is 12.5. The van der Waals surface area contributed by atoms with Gasteiger partial charge in [-0.25, -0.2) is 0 Å². The molecule has 1 aliphatic heterocycles. The van der Waals surface area contributed by atoms with Crippen LogP contribution in [0.4, 0.5) is 0 Å². The molecule has 1 aliphatic rings. The third-order valence-corrected chi connectivity index (χ3v) is 3.64. The monoisotopic (exact) mass is 257 g/mol. The predicted molar refractivity (Wildman–Crippen MR) is 76.4 cm³/mol. The van der Waals surface area contributed by atoms with Crippen molar-refractivity contribution >= 4 is 16.8 Å². The molecule has 1 aromatic heterocycles. The number of aromatic amines is 1. The van der Waals surface area contributed by atoms with Crippen LogP contribution in [0.5, 0.6) is 0 Å². The van der Waals surface area contributed by atoms with E-state index in [1.54, 1.807) is 0 Å². The van der Waals surface area contributed by atoms with E-state index in [0.717, 1.165) is 43.5 Å². The smallest absolute Gasteiger partial charge is 0.270 e. The number of aryl methyl sites for hydroxylation is 1. The fourth-order valence-corrected chi connectivity index (χ4v) is 2.58. The van der Waals surface area contributed by atoms with Crippen LogP contribution in [0.15, 0.2) is 24.3 Å². The lowest BCUT2D eigenvalue weighted by Crippen LogP contribution is -2.34. The molecule has 0 radical (unpaired) electrons. The number of H-pyrrole nitrogens is 1. The van der Waals surface area contributed by atoms with Gasteiger partial charge in [-0.15, -0.1) is 0 Å². The lowest BCUT2D eigenvalue weighted by Gasteiger charge is -2.18. The van der Waals surface area contributed by atoms with E-state index in [-0.39, 0.29) is 5.91 Å². The second-order valence-electron chi connectivity index (χ2n) is 5.17. The molecule has 4 nitrogen and oxygen atoms in total. The minimum Gasteiger partial charge on any atom is -0.351 e. The third kappa shape index (κ3) is 2.49. The van der Waals surface area contributed by atoms with Gasteiger partial charge in [0.2, 0.25) is 0 Å². The molecule has 4 heteroatoms. The molecule has 0 atom stereocenters. The SMILES string of the molecule is Cc1ccc2cc(C(=O)N3CCCNCC3)[nH]c2c1. The number of carbonyl (C=O) groups is 1. The van der Waals surface area contributed by atoms with Crippen molar-refractivity contribution in [1.29, 1.82) is 0 Å². The van der Waals surface area contributed by atoms with Gasteiger partial charge in [-0.2, -0.15) is 0 Å². The van der Waals surface area contributed by atoms with E-state index in [1.807, 2.05) is 11.0 Å². The second kappa shape index (κ2) is 5.05. The van der Waals surface area contributed by atoms with Crippen molar-refractivity contribution in [2.45, 2.75) is 13.3 Å². The average Bonchev–Trinajstić information content (AvgIpc) is 2.64. The van der Waals surface area contributed by atoms with Gasteiger partial charge in [-0.1, -0.05) is 12.1 Å². The molecule has 0 aliphatic carbocycles. The molecule has 1 saturated heterocycles. The van der Waals surface area contributed by atoms with Crippen LogP contribution in [-0.2, 0) is 0 Å². The van der Waals surface area contributed by atoms with E-state index in [0.29, 0.717) is 5.69 Å². The fourth-order valence-electron chi connectivity index (χ4n) is 2.58. The van der Waals surface area contributed by atoms with Gasteiger partial charge in [-0.05, 0) is 37.6 Å². The Morgan fingerprint density at radius 2 is 2.11 bits per heavy atom. The number of hydrogen-bond acceptors (Lipinski definition) is 2. The lowest BCUT2D eigenvalue weighted by molar-refractivity contribution is 0.0761. The van der Waals surface area contributed by atoms with Gasteiger partial charge in [0, 0.05) is 30.5 Å². The van der Waals surface area contributed by atoms with Crippen molar-refractivity contribution in [3.8, 4) is 0 Å². The van der Waals surface area contributed by atoms with Gasteiger partial charge in [-0.3, -0.25) is 4.79 Å². The first-order valence-electron chi connectivity index (χ1n) is 6.83. The number of rotatable bonds is 1. The zero-order valence-corrected chi connectivity index (χ0v) is 11.2. The van der Waals surface area contributed by atoms with Crippen LogP contribution in [0.2, 0.25) is 0 Å². The number of nitrogens with one attached hydrogen (secondary N) is 2. The molecule has 2 N–H and O–H groups in total. The molecule has 1 aromatic carbocycles. The van der Waals surface area contributed by atoms with Crippen molar-refractivity contribution in [2.24, 2.45) is 0 Å². The standard InChI is InChI=1S/C15H19N3O/c1-11-3-4-12-10-14(17-13(12)9-11)15(19)18-7-2-5-16-6-8-18/h3-4,9-10,16-17H,2,5-8H2,1H3. The van der Waals surface area contributed by atoms with Crippen molar-refractivity contribution in [3.05, 3.63) is 35.5 Å². The Morgan fingerprint density at radius 3 is 3.00 bits per heavy atom. The molecule has 19 heavy (non-hydrogen) atoms. The van der Waals surface area contributed by atoms with Crippen LogP contribution in [0.3, 0.4) is 0 Å². The summed E-state index contributed by atoms with van der Waals surface area (Å²) in [6.45, 7) is 5.55. The normalized spacial score (nSPS) is 16.6. The Labute approximate surface area is 112 Å². The van der Waals surface area contributed by atoms with Gasteiger partial charge >= 0.3 is 0 Å². The first-order valence-corrected chi connectivity index (χ1v) is 6.83. The van der Waals surface area contributed by atoms with E-state index in [4.69, 9.17) is 0 Å². The van der Waals surface area contributed by atoms with Crippen LogP contribution in [-0.4, -0.2) is 42.0 Å². The van der Waals surface area contributed by atoms with E-state index >= 15 is 0 Å². The summed E-state index contributed by atoms with van der Waals surface area (Å²) in [4.78, 5) is 17.6. The van der Waals surface area contributed by atoms with Crippen molar-refractivity contribution in [3.63, 3.8) is 0 Å². The number of benzene rings is 1. The van der Waals surface area contributed by atoms with E-state index in [9.17, 15) is 4.79 Å². The number of amides is 1. The quantitative estimate of drug-likeness (QED) is 0.820. The summed E-state index contributed by atoms with van der Waals surface area (Å²) in [7, 11) is 0. The summed E-state index contributed by atoms with van der Waals surface area (Å²) < 4.78 is 0.